The number of ether oxygens (including phenoxy) is 1. The molecule has 0 radical (unpaired) electrons. The van der Waals surface area contributed by atoms with Gasteiger partial charge in [0, 0.05) is 18.4 Å². The first kappa shape index (κ1) is 12.6. The van der Waals surface area contributed by atoms with Crippen molar-refractivity contribution in [1.29, 1.82) is 0 Å². The molecule has 1 atom stereocenters. The minimum Gasteiger partial charge on any atom is -0.381 e. The molecule has 0 saturated carbocycles. The zero-order valence-corrected chi connectivity index (χ0v) is 8.27. The summed E-state index contributed by atoms with van der Waals surface area (Å²) >= 11 is 0. The highest BCUT2D eigenvalue weighted by Crippen LogP contribution is 2.02. The monoisotopic (exact) mass is 199 g/mol. The summed E-state index contributed by atoms with van der Waals surface area (Å²) < 4.78 is 4.91. The second-order valence-electron chi connectivity index (χ2n) is 2.89. The molecule has 6 heteroatoms. The third kappa shape index (κ3) is 6.16. The molecule has 0 rings (SSSR count). The van der Waals surface area contributed by atoms with E-state index >= 15 is 0 Å². The molecule has 0 spiro atoms. The Labute approximate surface area is 81.9 Å². The summed E-state index contributed by atoms with van der Waals surface area (Å²) in [6.45, 7) is 1.46. The van der Waals surface area contributed by atoms with E-state index in [-0.39, 0.29) is 31.0 Å². The van der Waals surface area contributed by atoms with E-state index in [1.54, 1.807) is 0 Å². The van der Waals surface area contributed by atoms with Crippen LogP contribution < -0.4 is 0 Å². The summed E-state index contributed by atoms with van der Waals surface area (Å²) in [6.07, 6.45) is -0.414. The smallest absolute Gasteiger partial charge is 0.142 e. The molecule has 0 aromatic rings. The van der Waals surface area contributed by atoms with Gasteiger partial charge >= 0.3 is 0 Å². The first-order chi connectivity index (χ1) is 6.60. The van der Waals surface area contributed by atoms with E-state index in [2.05, 4.69) is 10.0 Å². The summed E-state index contributed by atoms with van der Waals surface area (Å²) in [4.78, 5) is 24.3. The van der Waals surface area contributed by atoms with Gasteiger partial charge in [0.1, 0.15) is 11.6 Å². The topological polar surface area (TPSA) is 92.1 Å². The number of carbonyl (C=O) groups excluding carboxylic acids is 2. The highest BCUT2D eigenvalue weighted by Gasteiger charge is 2.13. The van der Waals surface area contributed by atoms with Gasteiger partial charge in [0.05, 0.1) is 19.1 Å². The fourth-order valence-corrected chi connectivity index (χ4v) is 0.954. The van der Waals surface area contributed by atoms with Crippen molar-refractivity contribution >= 4 is 11.6 Å². The lowest BCUT2D eigenvalue weighted by Crippen LogP contribution is -2.20. The number of hydrogen-bond acceptors (Lipinski definition) is 4. The summed E-state index contributed by atoms with van der Waals surface area (Å²) in [5.74, 6) is -0.369. The first-order valence-electron chi connectivity index (χ1n) is 4.15. The minimum atomic E-state index is -0.433. The third-order valence-corrected chi connectivity index (χ3v) is 1.58. The van der Waals surface area contributed by atoms with E-state index < -0.39 is 6.10 Å². The van der Waals surface area contributed by atoms with Crippen LogP contribution in [-0.2, 0) is 14.3 Å². The molecular weight excluding hydrogens is 186 g/mol. The molecule has 0 aliphatic heterocycles. The van der Waals surface area contributed by atoms with Crippen LogP contribution in [0.4, 0.5) is 0 Å². The SMILES string of the molecule is COC(CN=[N+]=[N-])CC(=O)CC(C)=O. The van der Waals surface area contributed by atoms with Crippen LogP contribution in [0, 0.1) is 0 Å². The lowest BCUT2D eigenvalue weighted by atomic mass is 10.1. The van der Waals surface area contributed by atoms with E-state index in [1.165, 1.54) is 14.0 Å². The molecule has 0 bridgehead atoms. The van der Waals surface area contributed by atoms with Crippen molar-refractivity contribution in [2.45, 2.75) is 25.9 Å². The Morgan fingerprint density at radius 2 is 2.21 bits per heavy atom. The van der Waals surface area contributed by atoms with Gasteiger partial charge in [-0.05, 0) is 12.5 Å². The van der Waals surface area contributed by atoms with Crippen molar-refractivity contribution in [3.63, 3.8) is 0 Å². The maximum atomic E-state index is 11.2. The summed E-state index contributed by atoms with van der Waals surface area (Å²) in [7, 11) is 1.43. The molecule has 0 N–H and O–H groups in total. The van der Waals surface area contributed by atoms with Gasteiger partial charge in [0.15, 0.2) is 0 Å². The summed E-state index contributed by atoms with van der Waals surface area (Å²) in [5, 5.41) is 3.29. The zero-order valence-electron chi connectivity index (χ0n) is 8.27. The van der Waals surface area contributed by atoms with Crippen LogP contribution in [0.15, 0.2) is 5.11 Å². The molecule has 0 aromatic heterocycles. The number of carbonyl (C=O) groups is 2. The molecule has 0 aliphatic carbocycles. The standard InChI is InChI=1S/C8H13N3O3/c1-6(12)3-7(13)4-8(14-2)5-10-11-9/h8H,3-5H2,1-2H3. The van der Waals surface area contributed by atoms with Gasteiger partial charge in [0.25, 0.3) is 0 Å². The molecular formula is C8H13N3O3. The second kappa shape index (κ2) is 7.06. The van der Waals surface area contributed by atoms with Crippen molar-refractivity contribution in [1.82, 2.24) is 0 Å². The molecule has 0 aliphatic rings. The molecule has 0 heterocycles. The van der Waals surface area contributed by atoms with Crippen LogP contribution in [0.5, 0.6) is 0 Å². The number of ketones is 2. The van der Waals surface area contributed by atoms with Crippen molar-refractivity contribution in [3.8, 4) is 0 Å². The van der Waals surface area contributed by atoms with Crippen LogP contribution >= 0.6 is 0 Å². The van der Waals surface area contributed by atoms with Crippen LogP contribution in [0.3, 0.4) is 0 Å². The van der Waals surface area contributed by atoms with Gasteiger partial charge in [-0.2, -0.15) is 0 Å². The van der Waals surface area contributed by atoms with E-state index in [4.69, 9.17) is 10.3 Å². The Kier molecular flexibility index (Phi) is 6.36. The average Bonchev–Trinajstić information content (AvgIpc) is 2.10. The Hall–Kier alpha value is -1.39. The third-order valence-electron chi connectivity index (χ3n) is 1.58. The fourth-order valence-electron chi connectivity index (χ4n) is 0.954. The summed E-state index contributed by atoms with van der Waals surface area (Å²) in [5.41, 5.74) is 8.05. The molecule has 0 fully saturated rings. The van der Waals surface area contributed by atoms with Gasteiger partial charge in [-0.25, -0.2) is 0 Å². The Morgan fingerprint density at radius 1 is 1.57 bits per heavy atom. The van der Waals surface area contributed by atoms with E-state index in [0.717, 1.165) is 0 Å². The van der Waals surface area contributed by atoms with Crippen LogP contribution in [0.1, 0.15) is 19.8 Å². The number of Topliss-reactive ketones (excluding diaryl/α,β-unsaturated/α-hetero) is 2. The highest BCUT2D eigenvalue weighted by molar-refractivity contribution is 5.98. The number of rotatable bonds is 7. The predicted octanol–water partition coefficient (Wildman–Crippen LogP) is 1.25. The van der Waals surface area contributed by atoms with Gasteiger partial charge in [-0.3, -0.25) is 9.59 Å². The van der Waals surface area contributed by atoms with Gasteiger partial charge < -0.3 is 4.74 Å². The Balaban J connectivity index is 3.97. The van der Waals surface area contributed by atoms with Crippen molar-refractivity contribution in [2.75, 3.05) is 13.7 Å². The maximum absolute atomic E-state index is 11.2. The lowest BCUT2D eigenvalue weighted by molar-refractivity contribution is -0.127. The fraction of sp³-hybridized carbons (Fsp3) is 0.750. The number of hydrogen-bond donors (Lipinski definition) is 0. The van der Waals surface area contributed by atoms with E-state index in [0.29, 0.717) is 0 Å². The maximum Gasteiger partial charge on any atom is 0.142 e. The number of azide groups is 1. The molecule has 1 unspecified atom stereocenters. The van der Waals surface area contributed by atoms with Gasteiger partial charge in [0.2, 0.25) is 0 Å². The molecule has 14 heavy (non-hydrogen) atoms. The van der Waals surface area contributed by atoms with Crippen molar-refractivity contribution in [3.05, 3.63) is 10.4 Å². The quantitative estimate of drug-likeness (QED) is 0.267. The van der Waals surface area contributed by atoms with Crippen molar-refractivity contribution in [2.24, 2.45) is 5.11 Å². The first-order valence-corrected chi connectivity index (χ1v) is 4.15. The molecule has 0 saturated heterocycles. The number of nitrogens with zero attached hydrogens (tertiary/aromatic N) is 3. The highest BCUT2D eigenvalue weighted by atomic mass is 16.5. The zero-order chi connectivity index (χ0) is 11.0. The predicted molar refractivity (Wildman–Crippen MR) is 49.7 cm³/mol. The molecule has 0 aromatic carbocycles. The molecule has 78 valence electrons. The summed E-state index contributed by atoms with van der Waals surface area (Å²) in [6, 6.07) is 0. The average molecular weight is 199 g/mol. The van der Waals surface area contributed by atoms with Crippen LogP contribution in [0.2, 0.25) is 0 Å². The Bertz CT molecular complexity index is 259. The normalized spacial score (nSPS) is 11.6. The Morgan fingerprint density at radius 3 is 2.64 bits per heavy atom. The largest absolute Gasteiger partial charge is 0.381 e. The van der Waals surface area contributed by atoms with Gasteiger partial charge in [-0.15, -0.1) is 0 Å². The van der Waals surface area contributed by atoms with E-state index in [9.17, 15) is 9.59 Å². The van der Waals surface area contributed by atoms with E-state index in [1.807, 2.05) is 0 Å². The van der Waals surface area contributed by atoms with Crippen molar-refractivity contribution < 1.29 is 14.3 Å². The lowest BCUT2D eigenvalue weighted by Gasteiger charge is -2.10. The second-order valence-corrected chi connectivity index (χ2v) is 2.89. The van der Waals surface area contributed by atoms with Crippen LogP contribution in [-0.4, -0.2) is 31.3 Å². The molecule has 6 nitrogen and oxygen atoms in total. The van der Waals surface area contributed by atoms with Crippen LogP contribution in [0.25, 0.3) is 10.4 Å². The molecule has 0 amide bonds. The number of methoxy groups -OCH3 is 1. The van der Waals surface area contributed by atoms with Gasteiger partial charge in [-0.1, -0.05) is 5.11 Å². The minimum absolute atomic E-state index is 0.0872.